The van der Waals surface area contributed by atoms with Gasteiger partial charge in [0.1, 0.15) is 5.52 Å². The molecule has 1 aliphatic rings. The van der Waals surface area contributed by atoms with Crippen molar-refractivity contribution in [1.29, 1.82) is 0 Å². The standard InChI is InChI=1S/C19H23N5O/c1-4-5-13(2)18-22-16-10-15(14(3)11-20)12-21-17(16)19(23-18)24-6-8-25-9-7-24/h4-5,10-12H,2,6-9,20H2,1,3H3/b5-4-,14-11+. The molecule has 0 unspecified atom stereocenters. The molecule has 6 heteroatoms. The van der Waals surface area contributed by atoms with Crippen LogP contribution >= 0.6 is 0 Å². The zero-order valence-electron chi connectivity index (χ0n) is 14.7. The van der Waals surface area contributed by atoms with Gasteiger partial charge in [-0.1, -0.05) is 18.7 Å². The molecule has 2 N–H and O–H groups in total. The zero-order valence-corrected chi connectivity index (χ0v) is 14.7. The number of allylic oxidation sites excluding steroid dienone is 4. The van der Waals surface area contributed by atoms with Crippen molar-refractivity contribution in [2.24, 2.45) is 5.73 Å². The van der Waals surface area contributed by atoms with E-state index in [0.29, 0.717) is 19.0 Å². The van der Waals surface area contributed by atoms with Gasteiger partial charge < -0.3 is 15.4 Å². The monoisotopic (exact) mass is 337 g/mol. The highest BCUT2D eigenvalue weighted by Crippen LogP contribution is 2.27. The van der Waals surface area contributed by atoms with Crippen LogP contribution in [-0.4, -0.2) is 41.3 Å². The van der Waals surface area contributed by atoms with Crippen molar-refractivity contribution in [2.45, 2.75) is 13.8 Å². The molecular formula is C19H23N5O. The van der Waals surface area contributed by atoms with Crippen LogP contribution in [0.5, 0.6) is 0 Å². The summed E-state index contributed by atoms with van der Waals surface area (Å²) in [5, 5.41) is 0. The van der Waals surface area contributed by atoms with Crippen LogP contribution in [0.25, 0.3) is 22.2 Å². The molecule has 0 radical (unpaired) electrons. The molecular weight excluding hydrogens is 314 g/mol. The molecule has 1 aliphatic heterocycles. The minimum atomic E-state index is 0.612. The predicted octanol–water partition coefficient (Wildman–Crippen LogP) is 2.77. The lowest BCUT2D eigenvalue weighted by molar-refractivity contribution is 0.122. The second-order valence-corrected chi connectivity index (χ2v) is 5.94. The van der Waals surface area contributed by atoms with Gasteiger partial charge in [-0.15, -0.1) is 0 Å². The lowest BCUT2D eigenvalue weighted by Gasteiger charge is -2.28. The highest BCUT2D eigenvalue weighted by Gasteiger charge is 2.19. The van der Waals surface area contributed by atoms with Crippen LogP contribution in [-0.2, 0) is 4.74 Å². The maximum Gasteiger partial charge on any atom is 0.161 e. The Bertz CT molecular complexity index is 850. The summed E-state index contributed by atoms with van der Waals surface area (Å²) in [7, 11) is 0. The quantitative estimate of drug-likeness (QED) is 0.865. The van der Waals surface area contributed by atoms with E-state index in [9.17, 15) is 0 Å². The number of hydrogen-bond donors (Lipinski definition) is 1. The normalized spacial score (nSPS) is 15.9. The van der Waals surface area contributed by atoms with Crippen molar-refractivity contribution >= 4 is 28.0 Å². The number of fused-ring (bicyclic) bond motifs is 1. The molecule has 2 aromatic rings. The van der Waals surface area contributed by atoms with Crippen LogP contribution in [0.2, 0.25) is 0 Å². The van der Waals surface area contributed by atoms with Gasteiger partial charge in [0.15, 0.2) is 11.6 Å². The van der Waals surface area contributed by atoms with Crippen molar-refractivity contribution in [3.8, 4) is 0 Å². The minimum absolute atomic E-state index is 0.612. The van der Waals surface area contributed by atoms with Crippen LogP contribution in [0.1, 0.15) is 25.2 Å². The number of rotatable bonds is 4. The van der Waals surface area contributed by atoms with Crippen LogP contribution < -0.4 is 10.6 Å². The second kappa shape index (κ2) is 7.44. The van der Waals surface area contributed by atoms with Crippen LogP contribution in [0.3, 0.4) is 0 Å². The molecule has 0 spiro atoms. The largest absolute Gasteiger partial charge is 0.404 e. The topological polar surface area (TPSA) is 77.2 Å². The molecule has 3 rings (SSSR count). The molecule has 25 heavy (non-hydrogen) atoms. The van der Waals surface area contributed by atoms with E-state index in [1.54, 1.807) is 6.20 Å². The van der Waals surface area contributed by atoms with Gasteiger partial charge in [-0.3, -0.25) is 4.98 Å². The van der Waals surface area contributed by atoms with Crippen molar-refractivity contribution < 1.29 is 4.74 Å². The van der Waals surface area contributed by atoms with Gasteiger partial charge in [0, 0.05) is 24.9 Å². The van der Waals surface area contributed by atoms with E-state index in [0.717, 1.165) is 46.7 Å². The number of nitrogens with zero attached hydrogens (tertiary/aromatic N) is 4. The van der Waals surface area contributed by atoms with Crippen LogP contribution in [0.4, 0.5) is 5.82 Å². The van der Waals surface area contributed by atoms with E-state index in [1.165, 1.54) is 0 Å². The first kappa shape index (κ1) is 17.1. The van der Waals surface area contributed by atoms with Crippen molar-refractivity contribution in [3.63, 3.8) is 0 Å². The summed E-state index contributed by atoms with van der Waals surface area (Å²) in [6.07, 6.45) is 7.23. The molecule has 130 valence electrons. The van der Waals surface area contributed by atoms with E-state index in [4.69, 9.17) is 15.5 Å². The Kier molecular flexibility index (Phi) is 5.09. The molecule has 0 aromatic carbocycles. The lowest BCUT2D eigenvalue weighted by Crippen LogP contribution is -2.37. The highest BCUT2D eigenvalue weighted by molar-refractivity contribution is 5.89. The number of morpholine rings is 1. The third-order valence-corrected chi connectivity index (χ3v) is 4.19. The van der Waals surface area contributed by atoms with E-state index in [1.807, 2.05) is 38.3 Å². The van der Waals surface area contributed by atoms with Crippen LogP contribution in [0.15, 0.2) is 37.2 Å². The predicted molar refractivity (Wildman–Crippen MR) is 102 cm³/mol. The first-order chi connectivity index (χ1) is 12.1. The Balaban J connectivity index is 2.18. The Labute approximate surface area is 147 Å². The molecule has 0 atom stereocenters. The first-order valence-corrected chi connectivity index (χ1v) is 8.35. The zero-order chi connectivity index (χ0) is 17.8. The van der Waals surface area contributed by atoms with E-state index in [2.05, 4.69) is 21.4 Å². The number of anilines is 1. The Morgan fingerprint density at radius 1 is 1.32 bits per heavy atom. The highest BCUT2D eigenvalue weighted by atomic mass is 16.5. The molecule has 1 saturated heterocycles. The van der Waals surface area contributed by atoms with Crippen molar-refractivity contribution in [1.82, 2.24) is 15.0 Å². The molecule has 3 heterocycles. The molecule has 0 bridgehead atoms. The SMILES string of the molecule is C=C(/C=C\C)c1nc(N2CCOCC2)c2ncc(/C(C)=C/N)cc2n1. The van der Waals surface area contributed by atoms with E-state index in [-0.39, 0.29) is 0 Å². The minimum Gasteiger partial charge on any atom is -0.404 e. The third kappa shape index (κ3) is 3.53. The van der Waals surface area contributed by atoms with Crippen molar-refractivity contribution in [3.05, 3.63) is 48.6 Å². The second-order valence-electron chi connectivity index (χ2n) is 5.94. The fourth-order valence-electron chi connectivity index (χ4n) is 2.73. The van der Waals surface area contributed by atoms with Crippen LogP contribution in [0, 0.1) is 0 Å². The average molecular weight is 337 g/mol. The van der Waals surface area contributed by atoms with Gasteiger partial charge in [0.2, 0.25) is 0 Å². The molecule has 0 amide bonds. The van der Waals surface area contributed by atoms with Gasteiger partial charge in [-0.25, -0.2) is 9.97 Å². The van der Waals surface area contributed by atoms with Crippen molar-refractivity contribution in [2.75, 3.05) is 31.2 Å². The van der Waals surface area contributed by atoms with E-state index >= 15 is 0 Å². The molecule has 0 saturated carbocycles. The third-order valence-electron chi connectivity index (χ3n) is 4.19. The Hall–Kier alpha value is -2.73. The Morgan fingerprint density at radius 3 is 2.76 bits per heavy atom. The number of aromatic nitrogens is 3. The maximum atomic E-state index is 5.64. The van der Waals surface area contributed by atoms with Gasteiger partial charge in [-0.05, 0) is 37.3 Å². The number of hydrogen-bond acceptors (Lipinski definition) is 6. The Morgan fingerprint density at radius 2 is 2.08 bits per heavy atom. The summed E-state index contributed by atoms with van der Waals surface area (Å²) in [5.74, 6) is 1.44. The fourth-order valence-corrected chi connectivity index (χ4v) is 2.73. The molecule has 2 aromatic heterocycles. The van der Waals surface area contributed by atoms with Gasteiger partial charge >= 0.3 is 0 Å². The average Bonchev–Trinajstić information content (AvgIpc) is 2.66. The van der Waals surface area contributed by atoms with Gasteiger partial charge in [-0.2, -0.15) is 0 Å². The fraction of sp³-hybridized carbons (Fsp3) is 0.316. The maximum absolute atomic E-state index is 5.64. The van der Waals surface area contributed by atoms with E-state index < -0.39 is 0 Å². The number of pyridine rings is 1. The lowest BCUT2D eigenvalue weighted by atomic mass is 10.1. The van der Waals surface area contributed by atoms with Gasteiger partial charge in [0.25, 0.3) is 0 Å². The molecule has 1 fully saturated rings. The number of ether oxygens (including phenoxy) is 1. The summed E-state index contributed by atoms with van der Waals surface area (Å²) in [6, 6.07) is 2.00. The first-order valence-electron chi connectivity index (χ1n) is 8.35. The summed E-state index contributed by atoms with van der Waals surface area (Å²) >= 11 is 0. The molecule has 0 aliphatic carbocycles. The molecule has 6 nitrogen and oxygen atoms in total. The summed E-state index contributed by atoms with van der Waals surface area (Å²) in [5.41, 5.74) is 9.89. The number of nitrogens with two attached hydrogens (primary N) is 1. The van der Waals surface area contributed by atoms with Gasteiger partial charge in [0.05, 0.1) is 18.7 Å². The smallest absolute Gasteiger partial charge is 0.161 e. The summed E-state index contributed by atoms with van der Waals surface area (Å²) in [6.45, 7) is 10.9. The summed E-state index contributed by atoms with van der Waals surface area (Å²) in [4.78, 5) is 16.2. The summed E-state index contributed by atoms with van der Waals surface area (Å²) < 4.78 is 5.46.